The van der Waals surface area contributed by atoms with E-state index in [0.29, 0.717) is 11.3 Å². The standard InChI is InChI=1S/C26H18F5N3O/c27-18-12-17(13-19(28)14-18)24-23-10-5-11-33(23)22-9-4-1-6-16(22)15-34(24)25(35)32-21-8-3-2-7-20(21)26(29,30)31/h1-14,24H,15H2,(H,32,35). The SMILES string of the molecule is O=C(Nc1ccccc1C(F)(F)F)N1Cc2ccccc2-n2cccc2C1c1cc(F)cc(F)c1. The molecule has 178 valence electrons. The average Bonchev–Trinajstić information content (AvgIpc) is 3.22. The number of hydrogen-bond donors (Lipinski definition) is 1. The van der Waals surface area contributed by atoms with Gasteiger partial charge in [0, 0.05) is 18.0 Å². The molecule has 1 aliphatic rings. The van der Waals surface area contributed by atoms with Gasteiger partial charge in [-0.05, 0) is 53.6 Å². The summed E-state index contributed by atoms with van der Waals surface area (Å²) in [5.41, 5.74) is 0.722. The highest BCUT2D eigenvalue weighted by Crippen LogP contribution is 2.39. The minimum atomic E-state index is -4.69. The molecular weight excluding hydrogens is 465 g/mol. The van der Waals surface area contributed by atoms with Crippen molar-refractivity contribution in [3.05, 3.63) is 119 Å². The van der Waals surface area contributed by atoms with Gasteiger partial charge in [-0.15, -0.1) is 0 Å². The predicted octanol–water partition coefficient (Wildman–Crippen LogP) is 6.91. The number of halogens is 5. The van der Waals surface area contributed by atoms with Crippen LogP contribution >= 0.6 is 0 Å². The lowest BCUT2D eigenvalue weighted by Crippen LogP contribution is -2.38. The maximum atomic E-state index is 14.2. The molecule has 0 aliphatic carbocycles. The van der Waals surface area contributed by atoms with Gasteiger partial charge in [-0.3, -0.25) is 0 Å². The van der Waals surface area contributed by atoms with Crippen molar-refractivity contribution in [3.63, 3.8) is 0 Å². The van der Waals surface area contributed by atoms with E-state index in [1.807, 2.05) is 12.1 Å². The number of carbonyl (C=O) groups is 1. The summed E-state index contributed by atoms with van der Waals surface area (Å²) >= 11 is 0. The number of carbonyl (C=O) groups excluding carboxylic acids is 1. The Bertz CT molecular complexity index is 1390. The summed E-state index contributed by atoms with van der Waals surface area (Å²) in [5, 5.41) is 2.37. The number of anilines is 1. The Morgan fingerprint density at radius 3 is 2.31 bits per heavy atom. The van der Waals surface area contributed by atoms with Gasteiger partial charge >= 0.3 is 12.2 Å². The fraction of sp³-hybridized carbons (Fsp3) is 0.115. The van der Waals surface area contributed by atoms with Gasteiger partial charge < -0.3 is 14.8 Å². The molecule has 1 N–H and O–H groups in total. The summed E-state index contributed by atoms with van der Waals surface area (Å²) in [7, 11) is 0. The van der Waals surface area contributed by atoms with Crippen molar-refractivity contribution in [2.24, 2.45) is 0 Å². The molecule has 0 saturated carbocycles. The summed E-state index contributed by atoms with van der Waals surface area (Å²) in [4.78, 5) is 14.8. The largest absolute Gasteiger partial charge is 0.418 e. The van der Waals surface area contributed by atoms with E-state index in [0.717, 1.165) is 36.0 Å². The third-order valence-electron chi connectivity index (χ3n) is 5.90. The second-order valence-electron chi connectivity index (χ2n) is 8.14. The summed E-state index contributed by atoms with van der Waals surface area (Å²) in [6, 6.07) is 16.4. The third-order valence-corrected chi connectivity index (χ3v) is 5.90. The van der Waals surface area contributed by atoms with Gasteiger partial charge in [0.15, 0.2) is 0 Å². The Labute approximate surface area is 197 Å². The molecule has 5 rings (SSSR count). The molecule has 0 bridgehead atoms. The number of nitrogens with one attached hydrogen (secondary N) is 1. The monoisotopic (exact) mass is 483 g/mol. The first-order valence-corrected chi connectivity index (χ1v) is 10.7. The molecule has 4 nitrogen and oxygen atoms in total. The van der Waals surface area contributed by atoms with Crippen molar-refractivity contribution in [1.29, 1.82) is 0 Å². The number of para-hydroxylation sites is 2. The molecule has 0 spiro atoms. The quantitative estimate of drug-likeness (QED) is 0.309. The van der Waals surface area contributed by atoms with Crippen LogP contribution < -0.4 is 5.32 Å². The Morgan fingerprint density at radius 1 is 0.886 bits per heavy atom. The van der Waals surface area contributed by atoms with E-state index in [1.165, 1.54) is 17.0 Å². The van der Waals surface area contributed by atoms with E-state index in [4.69, 9.17) is 0 Å². The maximum absolute atomic E-state index is 14.2. The molecule has 3 aromatic carbocycles. The minimum Gasteiger partial charge on any atom is -0.318 e. The van der Waals surface area contributed by atoms with Crippen LogP contribution in [-0.2, 0) is 12.7 Å². The number of nitrogens with zero attached hydrogens (tertiary/aromatic N) is 2. The molecule has 1 aliphatic heterocycles. The number of alkyl halides is 3. The van der Waals surface area contributed by atoms with Gasteiger partial charge in [-0.2, -0.15) is 13.2 Å². The normalized spacial score (nSPS) is 15.2. The maximum Gasteiger partial charge on any atom is 0.418 e. The van der Waals surface area contributed by atoms with Crippen molar-refractivity contribution in [2.75, 3.05) is 5.32 Å². The van der Waals surface area contributed by atoms with Crippen LogP contribution in [0.15, 0.2) is 85.1 Å². The third kappa shape index (κ3) is 4.25. The molecule has 4 aromatic rings. The van der Waals surface area contributed by atoms with Crippen LogP contribution in [0, 0.1) is 11.6 Å². The van der Waals surface area contributed by atoms with Gasteiger partial charge in [-0.1, -0.05) is 30.3 Å². The first-order chi connectivity index (χ1) is 16.7. The molecule has 0 saturated heterocycles. The number of amides is 2. The highest BCUT2D eigenvalue weighted by Gasteiger charge is 2.36. The van der Waals surface area contributed by atoms with Crippen molar-refractivity contribution in [2.45, 2.75) is 18.8 Å². The molecular formula is C26H18F5N3O. The molecule has 0 radical (unpaired) electrons. The van der Waals surface area contributed by atoms with Crippen molar-refractivity contribution >= 4 is 11.7 Å². The van der Waals surface area contributed by atoms with Crippen LogP contribution in [0.5, 0.6) is 0 Å². The van der Waals surface area contributed by atoms with Gasteiger partial charge in [-0.25, -0.2) is 13.6 Å². The van der Waals surface area contributed by atoms with Gasteiger partial charge in [0.25, 0.3) is 0 Å². The molecule has 1 aromatic heterocycles. The van der Waals surface area contributed by atoms with Crippen molar-refractivity contribution < 1.29 is 26.7 Å². The van der Waals surface area contributed by atoms with E-state index >= 15 is 0 Å². The van der Waals surface area contributed by atoms with Crippen LogP contribution in [0.1, 0.15) is 28.4 Å². The van der Waals surface area contributed by atoms with Crippen LogP contribution in [-0.4, -0.2) is 15.5 Å². The summed E-state index contributed by atoms with van der Waals surface area (Å²) in [5.74, 6) is -1.66. The Hall–Kier alpha value is -4.14. The zero-order chi connectivity index (χ0) is 24.7. The number of benzene rings is 3. The van der Waals surface area contributed by atoms with Gasteiger partial charge in [0.2, 0.25) is 0 Å². The lowest BCUT2D eigenvalue weighted by atomic mass is 10.0. The fourth-order valence-electron chi connectivity index (χ4n) is 4.45. The Kier molecular flexibility index (Phi) is 5.55. The van der Waals surface area contributed by atoms with E-state index in [-0.39, 0.29) is 12.1 Å². The summed E-state index contributed by atoms with van der Waals surface area (Å²) in [6.45, 7) is -0.0132. The van der Waals surface area contributed by atoms with E-state index in [2.05, 4.69) is 5.32 Å². The first-order valence-electron chi connectivity index (χ1n) is 10.7. The lowest BCUT2D eigenvalue weighted by molar-refractivity contribution is -0.136. The Morgan fingerprint density at radius 2 is 1.57 bits per heavy atom. The summed E-state index contributed by atoms with van der Waals surface area (Å²) in [6.07, 6.45) is -2.92. The molecule has 2 heterocycles. The molecule has 1 atom stereocenters. The zero-order valence-electron chi connectivity index (χ0n) is 18.1. The second kappa shape index (κ2) is 8.57. The van der Waals surface area contributed by atoms with E-state index < -0.39 is 41.1 Å². The first kappa shape index (κ1) is 22.6. The van der Waals surface area contributed by atoms with Crippen molar-refractivity contribution in [3.8, 4) is 5.69 Å². The summed E-state index contributed by atoms with van der Waals surface area (Å²) < 4.78 is 70.9. The van der Waals surface area contributed by atoms with Crippen LogP contribution in [0.2, 0.25) is 0 Å². The predicted molar refractivity (Wildman–Crippen MR) is 120 cm³/mol. The highest BCUT2D eigenvalue weighted by molar-refractivity contribution is 5.91. The second-order valence-corrected chi connectivity index (χ2v) is 8.14. The molecule has 0 fully saturated rings. The smallest absolute Gasteiger partial charge is 0.318 e. The van der Waals surface area contributed by atoms with Crippen molar-refractivity contribution in [1.82, 2.24) is 9.47 Å². The zero-order valence-corrected chi connectivity index (χ0v) is 18.1. The van der Waals surface area contributed by atoms with Gasteiger partial charge in [0.1, 0.15) is 11.6 Å². The number of hydrogen-bond acceptors (Lipinski definition) is 1. The number of rotatable bonds is 2. The number of aromatic nitrogens is 1. The highest BCUT2D eigenvalue weighted by atomic mass is 19.4. The molecule has 2 amide bonds. The van der Waals surface area contributed by atoms with E-state index in [1.54, 1.807) is 35.0 Å². The topological polar surface area (TPSA) is 37.3 Å². The molecule has 1 unspecified atom stereocenters. The average molecular weight is 483 g/mol. The van der Waals surface area contributed by atoms with Crippen LogP contribution in [0.3, 0.4) is 0 Å². The van der Waals surface area contributed by atoms with Crippen LogP contribution in [0.4, 0.5) is 32.4 Å². The Balaban J connectivity index is 1.65. The molecule has 35 heavy (non-hydrogen) atoms. The van der Waals surface area contributed by atoms with E-state index in [9.17, 15) is 26.7 Å². The van der Waals surface area contributed by atoms with Crippen LogP contribution in [0.25, 0.3) is 5.69 Å². The van der Waals surface area contributed by atoms with Gasteiger partial charge in [0.05, 0.1) is 29.5 Å². The fourth-order valence-corrected chi connectivity index (χ4v) is 4.45. The molecule has 9 heteroatoms. The lowest BCUT2D eigenvalue weighted by Gasteiger charge is -2.31. The number of fused-ring (bicyclic) bond motifs is 3. The minimum absolute atomic E-state index is 0.0132. The number of urea groups is 1.